The van der Waals surface area contributed by atoms with E-state index in [9.17, 15) is 9.59 Å². The van der Waals surface area contributed by atoms with E-state index in [0.29, 0.717) is 41.4 Å². The molecule has 4 aromatic rings. The number of aromatic nitrogens is 4. The Morgan fingerprint density at radius 1 is 1.17 bits per heavy atom. The number of rotatable bonds is 9. The highest BCUT2D eigenvalue weighted by atomic mass is 16.5. The van der Waals surface area contributed by atoms with E-state index in [-0.39, 0.29) is 5.56 Å². The zero-order valence-corrected chi connectivity index (χ0v) is 20.5. The van der Waals surface area contributed by atoms with Gasteiger partial charge in [-0.15, -0.1) is 5.10 Å². The highest BCUT2D eigenvalue weighted by Gasteiger charge is 2.17. The van der Waals surface area contributed by atoms with Crippen LogP contribution < -0.4 is 15.8 Å². The fraction of sp³-hybridized carbons (Fsp3) is 0.259. The second-order valence-corrected chi connectivity index (χ2v) is 8.42. The lowest BCUT2D eigenvalue weighted by Crippen LogP contribution is -2.16. The predicted molar refractivity (Wildman–Crippen MR) is 137 cm³/mol. The third-order valence-electron chi connectivity index (χ3n) is 5.74. The number of hydrogen-bond acceptors (Lipinski definition) is 6. The lowest BCUT2D eigenvalue weighted by molar-refractivity contribution is -0.124. The summed E-state index contributed by atoms with van der Waals surface area (Å²) in [4.78, 5) is 31.6. The molecule has 2 aromatic heterocycles. The summed E-state index contributed by atoms with van der Waals surface area (Å²) in [5.74, 6) is 1.24. The molecule has 2 heterocycles. The van der Waals surface area contributed by atoms with Gasteiger partial charge in [-0.05, 0) is 61.6 Å². The van der Waals surface area contributed by atoms with E-state index >= 15 is 0 Å². The molecular formula is C27H29N5O4. The largest absolute Gasteiger partial charge is 0.493 e. The Hall–Kier alpha value is -4.24. The number of benzene rings is 2. The third kappa shape index (κ3) is 5.36. The van der Waals surface area contributed by atoms with Gasteiger partial charge >= 0.3 is 0 Å². The number of amides is 1. The topological polar surface area (TPSA) is 122 Å². The average molecular weight is 488 g/mol. The molecule has 186 valence electrons. The van der Waals surface area contributed by atoms with Crippen LogP contribution in [0.1, 0.15) is 48.5 Å². The highest BCUT2D eigenvalue weighted by molar-refractivity contribution is 5.90. The molecule has 0 atom stereocenters. The van der Waals surface area contributed by atoms with Gasteiger partial charge in [0.1, 0.15) is 11.6 Å². The number of aromatic amines is 1. The Labute approximate surface area is 208 Å². The van der Waals surface area contributed by atoms with Crippen molar-refractivity contribution in [3.05, 3.63) is 87.1 Å². The van der Waals surface area contributed by atoms with Crippen molar-refractivity contribution in [3.63, 3.8) is 0 Å². The van der Waals surface area contributed by atoms with E-state index in [1.54, 1.807) is 16.1 Å². The van der Waals surface area contributed by atoms with Crippen molar-refractivity contribution in [1.29, 1.82) is 0 Å². The maximum absolute atomic E-state index is 13.0. The minimum absolute atomic E-state index is 0.237. The van der Waals surface area contributed by atoms with Crippen molar-refractivity contribution in [2.45, 2.75) is 40.0 Å². The zero-order valence-electron chi connectivity index (χ0n) is 20.5. The molecule has 2 aromatic carbocycles. The summed E-state index contributed by atoms with van der Waals surface area (Å²) in [6.07, 6.45) is 5.14. The van der Waals surface area contributed by atoms with Gasteiger partial charge < -0.3 is 9.72 Å². The van der Waals surface area contributed by atoms with E-state index in [4.69, 9.17) is 15.0 Å². The van der Waals surface area contributed by atoms with Crippen LogP contribution in [0.4, 0.5) is 0 Å². The number of carbonyl (C=O) groups is 1. The maximum Gasteiger partial charge on any atom is 0.277 e. The number of hydroxylamine groups is 1. The number of fused-ring (bicyclic) bond motifs is 1. The molecule has 0 unspecified atom stereocenters. The van der Waals surface area contributed by atoms with Gasteiger partial charge in [-0.2, -0.15) is 0 Å². The Morgan fingerprint density at radius 2 is 1.92 bits per heavy atom. The summed E-state index contributed by atoms with van der Waals surface area (Å²) < 4.78 is 7.51. The number of nitrogens with one attached hydrogen (secondary N) is 2. The van der Waals surface area contributed by atoms with Crippen LogP contribution in [0.3, 0.4) is 0 Å². The maximum atomic E-state index is 13.0. The molecule has 0 aliphatic heterocycles. The molecule has 0 bridgehead atoms. The van der Waals surface area contributed by atoms with Crippen molar-refractivity contribution in [2.24, 2.45) is 0 Å². The summed E-state index contributed by atoms with van der Waals surface area (Å²) in [6.45, 7) is 6.28. The first-order valence-electron chi connectivity index (χ1n) is 11.9. The summed E-state index contributed by atoms with van der Waals surface area (Å²) in [7, 11) is 0. The van der Waals surface area contributed by atoms with Crippen LogP contribution in [0, 0.1) is 6.92 Å². The minimum Gasteiger partial charge on any atom is -0.493 e. The standard InChI is InChI=1S/C27H29N5O4/c1-4-6-23-28-17(3)25-27(34)29-26(30-32(23)25)21-16-20(11-13-22(21)36-5-2)15-19-9-7-18(8-10-19)12-14-24(33)31-35/h7-14,16,35H,4-6,15H2,1-3H3,(H,31,33)(H,29,30,34)/b14-12+. The first kappa shape index (κ1) is 24.9. The number of ether oxygens (including phenoxy) is 1. The quantitative estimate of drug-likeness (QED) is 0.187. The second kappa shape index (κ2) is 11.0. The number of carbonyl (C=O) groups excluding carboxylic acids is 1. The Kier molecular flexibility index (Phi) is 7.60. The Morgan fingerprint density at radius 3 is 2.61 bits per heavy atom. The van der Waals surface area contributed by atoms with E-state index in [2.05, 4.69) is 16.9 Å². The SMILES string of the molecule is CCCc1nc(C)c2c(=O)[nH]c(-c3cc(Cc4ccc(/C=C/C(=O)NO)cc4)ccc3OCC)nn12. The Balaban J connectivity index is 1.69. The van der Waals surface area contributed by atoms with Gasteiger partial charge in [-0.1, -0.05) is 37.3 Å². The smallest absolute Gasteiger partial charge is 0.277 e. The highest BCUT2D eigenvalue weighted by Crippen LogP contribution is 2.29. The van der Waals surface area contributed by atoms with Crippen LogP contribution in [-0.4, -0.2) is 37.3 Å². The molecule has 0 aliphatic rings. The van der Waals surface area contributed by atoms with E-state index in [0.717, 1.165) is 35.4 Å². The van der Waals surface area contributed by atoms with Crippen molar-refractivity contribution in [3.8, 4) is 17.1 Å². The molecule has 9 heteroatoms. The molecule has 0 saturated carbocycles. The number of imidazole rings is 1. The fourth-order valence-corrected chi connectivity index (χ4v) is 4.09. The summed E-state index contributed by atoms with van der Waals surface area (Å²) in [5, 5.41) is 13.3. The van der Waals surface area contributed by atoms with Crippen molar-refractivity contribution < 1.29 is 14.7 Å². The molecule has 0 spiro atoms. The monoisotopic (exact) mass is 487 g/mol. The molecule has 3 N–H and O–H groups in total. The van der Waals surface area contributed by atoms with Crippen LogP contribution in [0.2, 0.25) is 0 Å². The van der Waals surface area contributed by atoms with Gasteiger partial charge in [0, 0.05) is 12.5 Å². The van der Waals surface area contributed by atoms with Gasteiger partial charge in [0.2, 0.25) is 0 Å². The first-order chi connectivity index (χ1) is 17.4. The molecule has 36 heavy (non-hydrogen) atoms. The van der Waals surface area contributed by atoms with Crippen LogP contribution in [0.5, 0.6) is 5.75 Å². The lowest BCUT2D eigenvalue weighted by Gasteiger charge is -2.12. The van der Waals surface area contributed by atoms with Gasteiger partial charge in [0.25, 0.3) is 11.5 Å². The molecule has 0 fully saturated rings. The summed E-state index contributed by atoms with van der Waals surface area (Å²) >= 11 is 0. The van der Waals surface area contributed by atoms with Gasteiger partial charge in [0.05, 0.1) is 17.9 Å². The molecule has 9 nitrogen and oxygen atoms in total. The molecule has 0 saturated heterocycles. The van der Waals surface area contributed by atoms with Gasteiger partial charge in [-0.25, -0.2) is 15.0 Å². The molecule has 0 radical (unpaired) electrons. The first-order valence-corrected chi connectivity index (χ1v) is 11.9. The fourth-order valence-electron chi connectivity index (χ4n) is 4.09. The number of nitrogens with zero attached hydrogens (tertiary/aromatic N) is 3. The van der Waals surface area contributed by atoms with E-state index < -0.39 is 5.91 Å². The van der Waals surface area contributed by atoms with Crippen LogP contribution >= 0.6 is 0 Å². The van der Waals surface area contributed by atoms with E-state index in [1.807, 2.05) is 56.3 Å². The van der Waals surface area contributed by atoms with Crippen LogP contribution in [0.25, 0.3) is 23.0 Å². The number of aryl methyl sites for hydroxylation is 2. The molecule has 1 amide bonds. The van der Waals surface area contributed by atoms with E-state index in [1.165, 1.54) is 6.08 Å². The lowest BCUT2D eigenvalue weighted by atomic mass is 10.0. The van der Waals surface area contributed by atoms with Crippen molar-refractivity contribution in [1.82, 2.24) is 25.1 Å². The summed E-state index contributed by atoms with van der Waals surface area (Å²) in [6, 6.07) is 13.6. The van der Waals surface area contributed by atoms with Crippen LogP contribution in [-0.2, 0) is 17.6 Å². The number of hydrogen-bond donors (Lipinski definition) is 3. The molecule has 4 rings (SSSR count). The third-order valence-corrected chi connectivity index (χ3v) is 5.74. The summed E-state index contributed by atoms with van der Waals surface area (Å²) in [5.41, 5.74) is 6.09. The zero-order chi connectivity index (χ0) is 25.7. The predicted octanol–water partition coefficient (Wildman–Crippen LogP) is 3.85. The van der Waals surface area contributed by atoms with Crippen LogP contribution in [0.15, 0.2) is 53.3 Å². The average Bonchev–Trinajstić information content (AvgIpc) is 3.20. The van der Waals surface area contributed by atoms with Crippen molar-refractivity contribution >= 4 is 17.5 Å². The second-order valence-electron chi connectivity index (χ2n) is 8.42. The van der Waals surface area contributed by atoms with Gasteiger partial charge in [0.15, 0.2) is 11.3 Å². The van der Waals surface area contributed by atoms with Gasteiger partial charge in [-0.3, -0.25) is 14.8 Å². The van der Waals surface area contributed by atoms with Crippen molar-refractivity contribution in [2.75, 3.05) is 6.61 Å². The molecule has 0 aliphatic carbocycles. The normalized spacial score (nSPS) is 11.3. The minimum atomic E-state index is -0.585. The Bertz CT molecular complexity index is 1470. The number of H-pyrrole nitrogens is 1. The molecular weight excluding hydrogens is 458 g/mol.